The summed E-state index contributed by atoms with van der Waals surface area (Å²) in [5.74, 6) is 1.64. The highest BCUT2D eigenvalue weighted by Crippen LogP contribution is 2.28. The van der Waals surface area contributed by atoms with Crippen LogP contribution in [-0.4, -0.2) is 30.7 Å². The SMILES string of the molecule is CCCNC(CC(C)CC)c1ncc(OC)nc1OC. The smallest absolute Gasteiger partial charge is 0.240 e. The van der Waals surface area contributed by atoms with Gasteiger partial charge in [-0.1, -0.05) is 27.2 Å². The van der Waals surface area contributed by atoms with E-state index < -0.39 is 0 Å². The van der Waals surface area contributed by atoms with E-state index in [1.165, 1.54) is 0 Å². The molecule has 0 saturated heterocycles. The van der Waals surface area contributed by atoms with E-state index in [4.69, 9.17) is 9.47 Å². The summed E-state index contributed by atoms with van der Waals surface area (Å²) in [7, 11) is 3.20. The molecule has 0 aliphatic carbocycles. The first-order valence-corrected chi connectivity index (χ1v) is 7.34. The van der Waals surface area contributed by atoms with Crippen molar-refractivity contribution in [1.82, 2.24) is 15.3 Å². The quantitative estimate of drug-likeness (QED) is 0.754. The molecular formula is C15H27N3O2. The molecule has 1 aromatic heterocycles. The Labute approximate surface area is 122 Å². The number of hydrogen-bond donors (Lipinski definition) is 1. The number of methoxy groups -OCH3 is 2. The maximum atomic E-state index is 5.37. The van der Waals surface area contributed by atoms with Gasteiger partial charge in [0.25, 0.3) is 0 Å². The molecule has 5 heteroatoms. The summed E-state index contributed by atoms with van der Waals surface area (Å²) < 4.78 is 10.5. The lowest BCUT2D eigenvalue weighted by atomic mass is 9.97. The van der Waals surface area contributed by atoms with Crippen LogP contribution in [0.1, 0.15) is 51.8 Å². The normalized spacial score (nSPS) is 13.8. The van der Waals surface area contributed by atoms with Gasteiger partial charge in [0.2, 0.25) is 11.8 Å². The highest BCUT2D eigenvalue weighted by molar-refractivity contribution is 5.25. The highest BCUT2D eigenvalue weighted by Gasteiger charge is 2.21. The lowest BCUT2D eigenvalue weighted by Gasteiger charge is -2.22. The van der Waals surface area contributed by atoms with E-state index in [-0.39, 0.29) is 6.04 Å². The minimum Gasteiger partial charge on any atom is -0.480 e. The molecule has 5 nitrogen and oxygen atoms in total. The third kappa shape index (κ3) is 4.63. The highest BCUT2D eigenvalue weighted by atomic mass is 16.5. The monoisotopic (exact) mass is 281 g/mol. The largest absolute Gasteiger partial charge is 0.480 e. The van der Waals surface area contributed by atoms with Gasteiger partial charge >= 0.3 is 0 Å². The zero-order valence-electron chi connectivity index (χ0n) is 13.3. The topological polar surface area (TPSA) is 56.3 Å². The molecule has 0 fully saturated rings. The van der Waals surface area contributed by atoms with Crippen molar-refractivity contribution in [2.45, 2.75) is 46.1 Å². The third-order valence-corrected chi connectivity index (χ3v) is 3.45. The maximum Gasteiger partial charge on any atom is 0.240 e. The van der Waals surface area contributed by atoms with Crippen LogP contribution in [0.5, 0.6) is 11.8 Å². The summed E-state index contributed by atoms with van der Waals surface area (Å²) in [4.78, 5) is 8.81. The van der Waals surface area contributed by atoms with Gasteiger partial charge in [-0.3, -0.25) is 0 Å². The van der Waals surface area contributed by atoms with Crippen LogP contribution in [-0.2, 0) is 0 Å². The molecule has 2 unspecified atom stereocenters. The van der Waals surface area contributed by atoms with Gasteiger partial charge in [0.05, 0.1) is 26.5 Å². The van der Waals surface area contributed by atoms with Gasteiger partial charge in [0.15, 0.2) is 0 Å². The number of ether oxygens (including phenoxy) is 2. The average molecular weight is 281 g/mol. The van der Waals surface area contributed by atoms with Gasteiger partial charge in [0, 0.05) is 0 Å². The average Bonchev–Trinajstić information content (AvgIpc) is 2.50. The summed E-state index contributed by atoms with van der Waals surface area (Å²) >= 11 is 0. The Morgan fingerprint density at radius 2 is 2.00 bits per heavy atom. The molecule has 0 aliphatic rings. The fourth-order valence-electron chi connectivity index (χ4n) is 2.03. The molecule has 1 N–H and O–H groups in total. The van der Waals surface area contributed by atoms with Crippen LogP contribution < -0.4 is 14.8 Å². The molecule has 114 valence electrons. The van der Waals surface area contributed by atoms with Crippen molar-refractivity contribution in [3.05, 3.63) is 11.9 Å². The van der Waals surface area contributed by atoms with Gasteiger partial charge in [-0.05, 0) is 25.3 Å². The Kier molecular flexibility index (Phi) is 7.30. The van der Waals surface area contributed by atoms with E-state index in [1.807, 2.05) is 0 Å². The molecule has 0 radical (unpaired) electrons. The van der Waals surface area contributed by atoms with Crippen LogP contribution in [0.15, 0.2) is 6.20 Å². The summed E-state index contributed by atoms with van der Waals surface area (Å²) in [6, 6.07) is 0.165. The molecule has 0 spiro atoms. The van der Waals surface area contributed by atoms with Crippen molar-refractivity contribution in [2.24, 2.45) is 5.92 Å². The second-order valence-electron chi connectivity index (χ2n) is 5.06. The fourth-order valence-corrected chi connectivity index (χ4v) is 2.03. The van der Waals surface area contributed by atoms with Gasteiger partial charge < -0.3 is 14.8 Å². The van der Waals surface area contributed by atoms with E-state index in [0.29, 0.717) is 17.7 Å². The van der Waals surface area contributed by atoms with Crippen LogP contribution in [0.4, 0.5) is 0 Å². The first kappa shape index (κ1) is 16.7. The Morgan fingerprint density at radius 1 is 1.25 bits per heavy atom. The fraction of sp³-hybridized carbons (Fsp3) is 0.733. The molecule has 0 saturated carbocycles. The summed E-state index contributed by atoms with van der Waals surface area (Å²) in [6.07, 6.45) is 4.90. The molecule has 0 bridgehead atoms. The van der Waals surface area contributed by atoms with Crippen molar-refractivity contribution in [1.29, 1.82) is 0 Å². The number of rotatable bonds is 9. The first-order valence-electron chi connectivity index (χ1n) is 7.34. The number of nitrogens with one attached hydrogen (secondary N) is 1. The second kappa shape index (κ2) is 8.74. The summed E-state index contributed by atoms with van der Waals surface area (Å²) in [5, 5.41) is 3.54. The Bertz CT molecular complexity index is 399. The maximum absolute atomic E-state index is 5.37. The van der Waals surface area contributed by atoms with E-state index in [2.05, 4.69) is 36.1 Å². The summed E-state index contributed by atoms with van der Waals surface area (Å²) in [6.45, 7) is 7.57. The molecule has 2 atom stereocenters. The number of hydrogen-bond acceptors (Lipinski definition) is 5. The van der Waals surface area contributed by atoms with E-state index in [9.17, 15) is 0 Å². The van der Waals surface area contributed by atoms with Crippen LogP contribution in [0, 0.1) is 5.92 Å². The Balaban J connectivity index is 2.98. The third-order valence-electron chi connectivity index (χ3n) is 3.45. The molecule has 0 aliphatic heterocycles. The molecule has 1 rings (SSSR count). The van der Waals surface area contributed by atoms with E-state index in [1.54, 1.807) is 20.4 Å². The van der Waals surface area contributed by atoms with Crippen LogP contribution in [0.2, 0.25) is 0 Å². The zero-order valence-corrected chi connectivity index (χ0v) is 13.3. The van der Waals surface area contributed by atoms with Crippen LogP contribution in [0.3, 0.4) is 0 Å². The summed E-state index contributed by atoms with van der Waals surface area (Å²) in [5.41, 5.74) is 0.863. The van der Waals surface area contributed by atoms with Crippen molar-refractivity contribution in [3.63, 3.8) is 0 Å². The van der Waals surface area contributed by atoms with E-state index in [0.717, 1.165) is 31.5 Å². The molecule has 0 aromatic carbocycles. The van der Waals surface area contributed by atoms with Crippen molar-refractivity contribution in [2.75, 3.05) is 20.8 Å². The number of nitrogens with zero attached hydrogens (tertiary/aromatic N) is 2. The van der Waals surface area contributed by atoms with Crippen molar-refractivity contribution >= 4 is 0 Å². The lowest BCUT2D eigenvalue weighted by Crippen LogP contribution is -2.25. The number of aromatic nitrogens is 2. The molecular weight excluding hydrogens is 254 g/mol. The Morgan fingerprint density at radius 3 is 2.55 bits per heavy atom. The molecule has 0 amide bonds. The first-order chi connectivity index (χ1) is 9.65. The van der Waals surface area contributed by atoms with Gasteiger partial charge in [-0.2, -0.15) is 4.98 Å². The van der Waals surface area contributed by atoms with Gasteiger partial charge in [-0.25, -0.2) is 4.98 Å². The minimum atomic E-state index is 0.165. The van der Waals surface area contributed by atoms with Gasteiger partial charge in [0.1, 0.15) is 5.69 Å². The Hall–Kier alpha value is -1.36. The standard InChI is InChI=1S/C15H27N3O2/c1-6-8-16-12(9-11(3)7-2)14-15(20-5)18-13(19-4)10-17-14/h10-12,16H,6-9H2,1-5H3. The lowest BCUT2D eigenvalue weighted by molar-refractivity contribution is 0.336. The van der Waals surface area contributed by atoms with Crippen molar-refractivity contribution < 1.29 is 9.47 Å². The molecule has 20 heavy (non-hydrogen) atoms. The molecule has 1 heterocycles. The van der Waals surface area contributed by atoms with Gasteiger partial charge in [-0.15, -0.1) is 0 Å². The predicted octanol–water partition coefficient (Wildman–Crippen LogP) is 2.97. The zero-order chi connectivity index (χ0) is 15.0. The van der Waals surface area contributed by atoms with Crippen molar-refractivity contribution in [3.8, 4) is 11.8 Å². The van der Waals surface area contributed by atoms with E-state index >= 15 is 0 Å². The second-order valence-corrected chi connectivity index (χ2v) is 5.06. The molecule has 1 aromatic rings. The van der Waals surface area contributed by atoms with Crippen LogP contribution in [0.25, 0.3) is 0 Å². The van der Waals surface area contributed by atoms with Crippen LogP contribution >= 0.6 is 0 Å². The minimum absolute atomic E-state index is 0.165. The predicted molar refractivity (Wildman–Crippen MR) is 80.2 cm³/mol.